The quantitative estimate of drug-likeness (QED) is 0.759. The molecule has 5 heteroatoms. The molecule has 2 rings (SSSR count). The Kier molecular flexibility index (Phi) is 5.81. The van der Waals surface area contributed by atoms with Crippen LogP contribution in [0.2, 0.25) is 0 Å². The van der Waals surface area contributed by atoms with Crippen LogP contribution < -0.4 is 0 Å². The average Bonchev–Trinajstić information content (AvgIpc) is 2.28. The number of piperidine rings is 1. The highest BCUT2D eigenvalue weighted by Crippen LogP contribution is 2.18. The number of carbonyl (C=O) groups is 1. The first-order chi connectivity index (χ1) is 9.54. The Morgan fingerprint density at radius 3 is 2.45 bits per heavy atom. The van der Waals surface area contributed by atoms with Gasteiger partial charge in [-0.2, -0.15) is 0 Å². The topological polar surface area (TPSA) is 47.0 Å². The molecule has 5 nitrogen and oxygen atoms in total. The molecule has 0 aromatic rings. The number of amides is 1. The van der Waals surface area contributed by atoms with Crippen molar-refractivity contribution in [2.75, 3.05) is 52.9 Å². The third-order valence-electron chi connectivity index (χ3n) is 4.41. The van der Waals surface area contributed by atoms with Crippen molar-refractivity contribution in [1.82, 2.24) is 14.7 Å². The van der Waals surface area contributed by atoms with Crippen molar-refractivity contribution in [3.8, 4) is 0 Å². The first-order valence-electron chi connectivity index (χ1n) is 7.91. The Morgan fingerprint density at radius 2 is 1.95 bits per heavy atom. The van der Waals surface area contributed by atoms with Gasteiger partial charge in [-0.15, -0.1) is 0 Å². The van der Waals surface area contributed by atoms with E-state index >= 15 is 0 Å². The molecule has 1 atom stereocenters. The minimum atomic E-state index is -0.233. The van der Waals surface area contributed by atoms with Crippen LogP contribution in [0.3, 0.4) is 0 Å². The molecule has 1 N–H and O–H groups in total. The molecule has 2 aliphatic rings. The summed E-state index contributed by atoms with van der Waals surface area (Å²) < 4.78 is 0. The van der Waals surface area contributed by atoms with E-state index in [2.05, 4.69) is 16.8 Å². The third-order valence-corrected chi connectivity index (χ3v) is 4.41. The normalized spacial score (nSPS) is 22.9. The van der Waals surface area contributed by atoms with Gasteiger partial charge in [0.15, 0.2) is 0 Å². The first kappa shape index (κ1) is 15.7. The van der Waals surface area contributed by atoms with E-state index in [1.54, 1.807) is 0 Å². The highest BCUT2D eigenvalue weighted by molar-refractivity contribution is 5.78. The highest BCUT2D eigenvalue weighted by atomic mass is 16.3. The molecule has 1 amide bonds. The van der Waals surface area contributed by atoms with Gasteiger partial charge in [0.05, 0.1) is 12.6 Å². The van der Waals surface area contributed by atoms with E-state index in [0.29, 0.717) is 12.5 Å². The molecule has 2 aliphatic heterocycles. The summed E-state index contributed by atoms with van der Waals surface area (Å²) in [7, 11) is 2.06. The summed E-state index contributed by atoms with van der Waals surface area (Å²) >= 11 is 0. The second-order valence-corrected chi connectivity index (χ2v) is 6.52. The second-order valence-electron chi connectivity index (χ2n) is 6.52. The summed E-state index contributed by atoms with van der Waals surface area (Å²) in [4.78, 5) is 18.4. The zero-order chi connectivity index (χ0) is 14.5. The monoisotopic (exact) mass is 283 g/mol. The highest BCUT2D eigenvalue weighted by Gasteiger charge is 2.24. The number of carbonyl (C=O) groups excluding carboxylic acids is 1. The van der Waals surface area contributed by atoms with Gasteiger partial charge < -0.3 is 14.9 Å². The van der Waals surface area contributed by atoms with Crippen molar-refractivity contribution in [2.45, 2.75) is 32.3 Å². The summed E-state index contributed by atoms with van der Waals surface area (Å²) in [5.74, 6) is 0.972. The smallest absolute Gasteiger partial charge is 0.236 e. The molecule has 0 aromatic carbocycles. The lowest BCUT2D eigenvalue weighted by atomic mass is 9.96. The predicted octanol–water partition coefficient (Wildman–Crippen LogP) is 0.243. The van der Waals surface area contributed by atoms with E-state index in [1.807, 2.05) is 11.8 Å². The summed E-state index contributed by atoms with van der Waals surface area (Å²) in [6.45, 7) is 8.26. The Bertz CT molecular complexity index is 310. The molecule has 1 unspecified atom stereocenters. The molecule has 0 aromatic heterocycles. The number of aliphatic hydroxyl groups is 1. The van der Waals surface area contributed by atoms with Gasteiger partial charge >= 0.3 is 0 Å². The SMILES string of the molecule is CC(O)CN1CCC(CN(C)CC(=O)N2CCC2)CC1. The zero-order valence-electron chi connectivity index (χ0n) is 12.9. The van der Waals surface area contributed by atoms with Crippen molar-refractivity contribution >= 4 is 5.91 Å². The molecule has 0 aliphatic carbocycles. The number of β-amino-alcohol motifs (C(OH)–C–C–N with tert-alkyl or cyclic N) is 1. The van der Waals surface area contributed by atoms with Gasteiger partial charge in [0.25, 0.3) is 0 Å². The van der Waals surface area contributed by atoms with Crippen LogP contribution in [0.25, 0.3) is 0 Å². The van der Waals surface area contributed by atoms with Crippen molar-refractivity contribution in [2.24, 2.45) is 5.92 Å². The lowest BCUT2D eigenvalue weighted by molar-refractivity contribution is -0.135. The van der Waals surface area contributed by atoms with Crippen molar-refractivity contribution < 1.29 is 9.90 Å². The van der Waals surface area contributed by atoms with Gasteiger partial charge in [0.1, 0.15) is 0 Å². The number of hydrogen-bond acceptors (Lipinski definition) is 4. The van der Waals surface area contributed by atoms with Crippen molar-refractivity contribution in [3.05, 3.63) is 0 Å². The molecule has 2 saturated heterocycles. The molecular formula is C15H29N3O2. The molecule has 0 saturated carbocycles. The zero-order valence-corrected chi connectivity index (χ0v) is 12.9. The maximum atomic E-state index is 11.9. The lowest BCUT2D eigenvalue weighted by Crippen LogP contribution is -2.47. The molecule has 2 heterocycles. The third kappa shape index (κ3) is 4.72. The molecule has 116 valence electrons. The van der Waals surface area contributed by atoms with E-state index in [0.717, 1.165) is 45.7 Å². The molecular weight excluding hydrogens is 254 g/mol. The maximum Gasteiger partial charge on any atom is 0.236 e. The van der Waals surface area contributed by atoms with Crippen molar-refractivity contribution in [3.63, 3.8) is 0 Å². The van der Waals surface area contributed by atoms with Gasteiger partial charge in [-0.1, -0.05) is 0 Å². The molecule has 20 heavy (non-hydrogen) atoms. The molecule has 0 radical (unpaired) electrons. The average molecular weight is 283 g/mol. The fourth-order valence-corrected chi connectivity index (χ4v) is 3.13. The number of rotatable bonds is 6. The molecule has 2 fully saturated rings. The first-order valence-corrected chi connectivity index (χ1v) is 7.91. The maximum absolute atomic E-state index is 11.9. The second kappa shape index (κ2) is 7.38. The fraction of sp³-hybridized carbons (Fsp3) is 0.933. The standard InChI is InChI=1S/C15H29N3O2/c1-13(19)10-17-8-4-14(5-9-17)11-16(2)12-15(20)18-6-3-7-18/h13-14,19H,3-12H2,1-2H3. The van der Waals surface area contributed by atoms with Crippen molar-refractivity contribution in [1.29, 1.82) is 0 Å². The van der Waals surface area contributed by atoms with Crippen LogP contribution in [0.4, 0.5) is 0 Å². The summed E-state index contributed by atoms with van der Waals surface area (Å²) in [6, 6.07) is 0. The largest absolute Gasteiger partial charge is 0.392 e. The van der Waals surface area contributed by atoms with Crippen LogP contribution in [0.5, 0.6) is 0 Å². The lowest BCUT2D eigenvalue weighted by Gasteiger charge is -2.35. The minimum absolute atomic E-state index is 0.233. The van der Waals surface area contributed by atoms with Gasteiger partial charge in [0.2, 0.25) is 5.91 Å². The summed E-state index contributed by atoms with van der Waals surface area (Å²) in [6.07, 6.45) is 3.28. The Morgan fingerprint density at radius 1 is 1.30 bits per heavy atom. The van der Waals surface area contributed by atoms with Crippen LogP contribution in [-0.4, -0.2) is 84.7 Å². The molecule has 0 bridgehead atoms. The van der Waals surface area contributed by atoms with E-state index < -0.39 is 0 Å². The number of likely N-dealkylation sites (tertiary alicyclic amines) is 2. The van der Waals surface area contributed by atoms with Gasteiger partial charge in [-0.05, 0) is 52.2 Å². The van der Waals surface area contributed by atoms with Gasteiger partial charge in [-0.3, -0.25) is 9.69 Å². The summed E-state index contributed by atoms with van der Waals surface area (Å²) in [5, 5.41) is 9.40. The number of nitrogens with zero attached hydrogens (tertiary/aromatic N) is 3. The number of hydrogen-bond donors (Lipinski definition) is 1. The van der Waals surface area contributed by atoms with Crippen LogP contribution in [0.15, 0.2) is 0 Å². The van der Waals surface area contributed by atoms with E-state index in [-0.39, 0.29) is 12.0 Å². The van der Waals surface area contributed by atoms with Crippen LogP contribution in [0, 0.1) is 5.92 Å². The predicted molar refractivity (Wildman–Crippen MR) is 79.5 cm³/mol. The number of aliphatic hydroxyl groups excluding tert-OH is 1. The Balaban J connectivity index is 1.63. The Hall–Kier alpha value is -0.650. The fourth-order valence-electron chi connectivity index (χ4n) is 3.13. The van der Waals surface area contributed by atoms with Crippen LogP contribution >= 0.6 is 0 Å². The molecule has 0 spiro atoms. The van der Waals surface area contributed by atoms with Gasteiger partial charge in [-0.25, -0.2) is 0 Å². The van der Waals surface area contributed by atoms with E-state index in [1.165, 1.54) is 12.8 Å². The summed E-state index contributed by atoms with van der Waals surface area (Å²) in [5.41, 5.74) is 0. The van der Waals surface area contributed by atoms with E-state index in [9.17, 15) is 9.90 Å². The van der Waals surface area contributed by atoms with E-state index in [4.69, 9.17) is 0 Å². The van der Waals surface area contributed by atoms with Crippen LogP contribution in [0.1, 0.15) is 26.2 Å². The van der Waals surface area contributed by atoms with Crippen LogP contribution in [-0.2, 0) is 4.79 Å². The number of likely N-dealkylation sites (N-methyl/N-ethyl adjacent to an activating group) is 1. The Labute approximate surface area is 122 Å². The minimum Gasteiger partial charge on any atom is -0.392 e. The van der Waals surface area contributed by atoms with Gasteiger partial charge in [0, 0.05) is 26.2 Å².